The number of likely N-dealkylation sites (tertiary alicyclic amines) is 2. The summed E-state index contributed by atoms with van der Waals surface area (Å²) in [7, 11) is 0. The lowest BCUT2D eigenvalue weighted by Gasteiger charge is -2.38. The largest absolute Gasteiger partial charge is 0.508 e. The number of carbonyl (C=O) groups is 6. The number of amides is 6. The van der Waals surface area contributed by atoms with Gasteiger partial charge in [0.05, 0.1) is 11.3 Å². The highest BCUT2D eigenvalue weighted by Gasteiger charge is 2.41. The molecule has 3 fully saturated rings. The first-order chi connectivity index (χ1) is 31.2. The first-order valence-corrected chi connectivity index (χ1v) is 22.4. The molecule has 1 unspecified atom stereocenters. The first-order valence-electron chi connectivity index (χ1n) is 22.4. The summed E-state index contributed by atoms with van der Waals surface area (Å²) >= 11 is 0. The molecule has 6 amide bonds. The summed E-state index contributed by atoms with van der Waals surface area (Å²) in [6.45, 7) is 9.52. The Kier molecular flexibility index (Phi) is 12.9. The molecule has 0 aliphatic carbocycles. The van der Waals surface area contributed by atoms with Crippen molar-refractivity contribution in [2.45, 2.75) is 84.3 Å². The topological polar surface area (TPSA) is 231 Å². The van der Waals surface area contributed by atoms with Crippen LogP contribution >= 0.6 is 0 Å². The van der Waals surface area contributed by atoms with Gasteiger partial charge in [0.15, 0.2) is 5.82 Å². The molecule has 18 nitrogen and oxygen atoms in total. The summed E-state index contributed by atoms with van der Waals surface area (Å²) in [6, 6.07) is 14.8. The van der Waals surface area contributed by atoms with Crippen LogP contribution in [0, 0.1) is 11.8 Å². The molecule has 0 radical (unpaired) electrons. The number of nitrogens with zero attached hydrogens (tertiary/aromatic N) is 7. The molecule has 4 aromatic rings. The lowest BCUT2D eigenvalue weighted by atomic mass is 9.91. The van der Waals surface area contributed by atoms with Crippen LogP contribution in [0.1, 0.15) is 103 Å². The second-order valence-electron chi connectivity index (χ2n) is 17.7. The molecular formula is C47H55N9O9. The van der Waals surface area contributed by atoms with Crippen molar-refractivity contribution < 1.29 is 44.1 Å². The number of anilines is 1. The summed E-state index contributed by atoms with van der Waals surface area (Å²) in [5.74, 6) is -1.62. The van der Waals surface area contributed by atoms with Crippen molar-refractivity contribution in [2.24, 2.45) is 11.8 Å². The lowest BCUT2D eigenvalue weighted by Crippen LogP contribution is -2.52. The van der Waals surface area contributed by atoms with Gasteiger partial charge in [0.1, 0.15) is 17.5 Å². The highest BCUT2D eigenvalue weighted by molar-refractivity contribution is 6.06. The fourth-order valence-corrected chi connectivity index (χ4v) is 9.63. The minimum absolute atomic E-state index is 0.00279. The van der Waals surface area contributed by atoms with Gasteiger partial charge >= 0.3 is 6.09 Å². The van der Waals surface area contributed by atoms with E-state index in [9.17, 15) is 44.1 Å². The van der Waals surface area contributed by atoms with E-state index in [2.05, 4.69) is 25.7 Å². The molecule has 3 saturated heterocycles. The number of phenols is 2. The molecule has 5 N–H and O–H groups in total. The maximum atomic E-state index is 13.8. The Balaban J connectivity index is 0.856. The third kappa shape index (κ3) is 9.12. The van der Waals surface area contributed by atoms with Crippen LogP contribution in [0.4, 0.5) is 10.5 Å². The summed E-state index contributed by atoms with van der Waals surface area (Å²) < 4.78 is 1.60. The monoisotopic (exact) mass is 889 g/mol. The summed E-state index contributed by atoms with van der Waals surface area (Å²) in [5.41, 5.74) is 3.91. The number of nitrogens with one attached hydrogen (secondary N) is 2. The Labute approximate surface area is 376 Å². The van der Waals surface area contributed by atoms with Gasteiger partial charge in [-0.2, -0.15) is 0 Å². The Bertz CT molecular complexity index is 2510. The highest BCUT2D eigenvalue weighted by atomic mass is 16.4. The average molecular weight is 890 g/mol. The van der Waals surface area contributed by atoms with E-state index in [1.54, 1.807) is 28.8 Å². The summed E-state index contributed by atoms with van der Waals surface area (Å²) in [5, 5.41) is 45.3. The van der Waals surface area contributed by atoms with Gasteiger partial charge in [0, 0.05) is 74.5 Å². The lowest BCUT2D eigenvalue weighted by molar-refractivity contribution is -0.139. The number of rotatable bonds is 12. The molecule has 0 saturated carbocycles. The molecule has 4 aliphatic rings. The zero-order chi connectivity index (χ0) is 46.1. The smallest absolute Gasteiger partial charge is 0.411 e. The number of hydrogen-bond acceptors (Lipinski definition) is 11. The van der Waals surface area contributed by atoms with E-state index in [1.807, 2.05) is 49.9 Å². The van der Waals surface area contributed by atoms with Crippen LogP contribution in [0.3, 0.4) is 0 Å². The van der Waals surface area contributed by atoms with Crippen LogP contribution in [-0.4, -0.2) is 126 Å². The average Bonchev–Trinajstić information content (AvgIpc) is 3.87. The maximum Gasteiger partial charge on any atom is 0.411 e. The van der Waals surface area contributed by atoms with Gasteiger partial charge in [-0.1, -0.05) is 32.0 Å². The molecule has 18 heteroatoms. The molecule has 0 bridgehead atoms. The fourth-order valence-electron chi connectivity index (χ4n) is 9.63. The number of carboxylic acid groups (broad SMARTS) is 1. The van der Waals surface area contributed by atoms with Gasteiger partial charge in [0.2, 0.25) is 23.5 Å². The number of aromatic hydroxyl groups is 2. The number of imide groups is 1. The number of phenolic OH excluding ortho intramolecular Hbond substituents is 2. The number of fused-ring (bicyclic) bond motifs is 1. The van der Waals surface area contributed by atoms with Crippen LogP contribution in [-0.2, 0) is 27.5 Å². The van der Waals surface area contributed by atoms with E-state index >= 15 is 0 Å². The third-order valence-electron chi connectivity index (χ3n) is 13.2. The predicted octanol–water partition coefficient (Wildman–Crippen LogP) is 4.61. The summed E-state index contributed by atoms with van der Waals surface area (Å²) in [6.07, 6.45) is 1.89. The van der Waals surface area contributed by atoms with Gasteiger partial charge in [-0.3, -0.25) is 43.7 Å². The van der Waals surface area contributed by atoms with Crippen molar-refractivity contribution in [1.29, 1.82) is 0 Å². The number of piperidine rings is 3. The van der Waals surface area contributed by atoms with Crippen molar-refractivity contribution in [3.63, 3.8) is 0 Å². The van der Waals surface area contributed by atoms with Gasteiger partial charge in [-0.05, 0) is 105 Å². The Hall–Kier alpha value is -6.82. The zero-order valence-corrected chi connectivity index (χ0v) is 36.8. The molecule has 342 valence electrons. The summed E-state index contributed by atoms with van der Waals surface area (Å²) in [4.78, 5) is 84.2. The minimum Gasteiger partial charge on any atom is -0.508 e. The highest BCUT2D eigenvalue weighted by Crippen LogP contribution is 2.39. The van der Waals surface area contributed by atoms with E-state index in [0.717, 1.165) is 18.7 Å². The standard InChI is InChI=1S/C47H55N9O9/c1-4-48-44(61)42-51-50-41(34-22-33(27(2)3)38(57)23-39(34)58)56(42)31-10-8-28(9-11-31)24-52-18-16-30(17-19-52)45(62)53-20-14-29(15-21-53)25-55(47(64)65)36-7-5-6-32-35(36)26-54(46(32)63)37-12-13-40(59)49-43(37)60/h5-11,22-23,27,29-30,37,57-58H,4,12-21,24-26H2,1-3H3,(H,48,61)(H,64,65)(H,49,59,60). The molecule has 5 heterocycles. The SMILES string of the molecule is CCNC(=O)c1nnc(-c2cc(C(C)C)c(O)cc2O)n1-c1ccc(CN2CCC(C(=O)N3CCC(CN(C(=O)O)c4cccc5c4CN(C4CCC(=O)NC4=O)C5=O)CC3)CC2)cc1. The third-order valence-corrected chi connectivity index (χ3v) is 13.2. The Morgan fingerprint density at radius 2 is 1.62 bits per heavy atom. The van der Waals surface area contributed by atoms with Crippen molar-refractivity contribution >= 4 is 41.3 Å². The van der Waals surface area contributed by atoms with Crippen molar-refractivity contribution in [1.82, 2.24) is 40.1 Å². The molecule has 1 aromatic heterocycles. The van der Waals surface area contributed by atoms with Gasteiger partial charge in [-0.15, -0.1) is 10.2 Å². The molecule has 8 rings (SSSR count). The molecule has 4 aliphatic heterocycles. The van der Waals surface area contributed by atoms with E-state index < -0.39 is 23.9 Å². The second kappa shape index (κ2) is 18.7. The van der Waals surface area contributed by atoms with Gasteiger partial charge in [0.25, 0.3) is 11.8 Å². The van der Waals surface area contributed by atoms with E-state index in [0.29, 0.717) is 85.5 Å². The molecule has 65 heavy (non-hydrogen) atoms. The van der Waals surface area contributed by atoms with E-state index in [1.165, 1.54) is 15.9 Å². The van der Waals surface area contributed by atoms with Gasteiger partial charge in [-0.25, -0.2) is 4.79 Å². The van der Waals surface area contributed by atoms with Gasteiger partial charge < -0.3 is 30.4 Å². The quantitative estimate of drug-likeness (QED) is 0.123. The number of hydrogen-bond donors (Lipinski definition) is 5. The fraction of sp³-hybridized carbons (Fsp3) is 0.447. The van der Waals surface area contributed by atoms with Crippen LogP contribution < -0.4 is 15.5 Å². The van der Waals surface area contributed by atoms with Crippen LogP contribution in [0.2, 0.25) is 0 Å². The first kappa shape index (κ1) is 44.8. The Morgan fingerprint density at radius 1 is 0.892 bits per heavy atom. The number of aromatic nitrogens is 3. The molecule has 1 atom stereocenters. The molecular weight excluding hydrogens is 835 g/mol. The van der Waals surface area contributed by atoms with E-state index in [4.69, 9.17) is 0 Å². The molecule has 3 aromatic carbocycles. The van der Waals surface area contributed by atoms with Crippen LogP contribution in [0.25, 0.3) is 17.1 Å². The van der Waals surface area contributed by atoms with Crippen molar-refractivity contribution in [3.8, 4) is 28.6 Å². The number of carbonyl (C=O) groups excluding carboxylic acids is 5. The van der Waals surface area contributed by atoms with Crippen molar-refractivity contribution in [3.05, 3.63) is 82.7 Å². The predicted molar refractivity (Wildman–Crippen MR) is 237 cm³/mol. The number of benzene rings is 3. The Morgan fingerprint density at radius 3 is 2.28 bits per heavy atom. The molecule has 0 spiro atoms. The van der Waals surface area contributed by atoms with Crippen LogP contribution in [0.5, 0.6) is 11.5 Å². The second-order valence-corrected chi connectivity index (χ2v) is 17.7. The van der Waals surface area contributed by atoms with E-state index in [-0.39, 0.29) is 84.6 Å². The van der Waals surface area contributed by atoms with Crippen molar-refractivity contribution in [2.75, 3.05) is 44.2 Å². The minimum atomic E-state index is -1.14. The normalized spacial score (nSPS) is 18.5. The maximum absolute atomic E-state index is 13.8. The van der Waals surface area contributed by atoms with Crippen LogP contribution in [0.15, 0.2) is 54.6 Å². The zero-order valence-electron chi connectivity index (χ0n) is 36.8.